The summed E-state index contributed by atoms with van der Waals surface area (Å²) >= 11 is 1.84. The van der Waals surface area contributed by atoms with Gasteiger partial charge in [0.2, 0.25) is 0 Å². The van der Waals surface area contributed by atoms with Gasteiger partial charge in [0.25, 0.3) is 5.79 Å². The molecule has 1 saturated heterocycles. The number of carbonyl (C=O) groups is 1. The minimum absolute atomic E-state index is 0. The van der Waals surface area contributed by atoms with Crippen LogP contribution >= 0.6 is 11.8 Å². The van der Waals surface area contributed by atoms with E-state index < -0.39 is 5.79 Å². The molecule has 3 heterocycles. The highest BCUT2D eigenvalue weighted by molar-refractivity contribution is 7.99. The van der Waals surface area contributed by atoms with Crippen molar-refractivity contribution in [3.05, 3.63) is 46.8 Å². The van der Waals surface area contributed by atoms with E-state index in [2.05, 4.69) is 4.98 Å². The first-order chi connectivity index (χ1) is 12.5. The van der Waals surface area contributed by atoms with Gasteiger partial charge in [0.05, 0.1) is 5.56 Å². The molecule has 0 radical (unpaired) electrons. The smallest absolute Gasteiger partial charge is 0.253 e. The van der Waals surface area contributed by atoms with Crippen molar-refractivity contribution in [1.82, 2.24) is 4.98 Å². The van der Waals surface area contributed by atoms with Crippen LogP contribution < -0.4 is 14.6 Å². The second kappa shape index (κ2) is 7.43. The maximum atomic E-state index is 13.0. The van der Waals surface area contributed by atoms with Crippen LogP contribution in [0.4, 0.5) is 0 Å². The second-order valence-electron chi connectivity index (χ2n) is 6.85. The van der Waals surface area contributed by atoms with E-state index in [9.17, 15) is 9.90 Å². The maximum absolute atomic E-state index is 13.0. The van der Waals surface area contributed by atoms with Crippen LogP contribution in [0.15, 0.2) is 24.5 Å². The zero-order valence-electron chi connectivity index (χ0n) is 14.8. The average Bonchev–Trinajstić information content (AvgIpc) is 2.98. The number of aromatic nitrogens is 1. The Kier molecular flexibility index (Phi) is 5.38. The molecule has 1 aromatic heterocycles. The van der Waals surface area contributed by atoms with Gasteiger partial charge in [0.15, 0.2) is 17.3 Å². The fourth-order valence-corrected chi connectivity index (χ4v) is 4.62. The number of rotatable bonds is 3. The summed E-state index contributed by atoms with van der Waals surface area (Å²) < 4.78 is 12.0. The number of hydrogen-bond donors (Lipinski definition) is 0. The van der Waals surface area contributed by atoms with E-state index in [-0.39, 0.29) is 31.1 Å². The Labute approximate surface area is 164 Å². The van der Waals surface area contributed by atoms with Crippen LogP contribution in [0.3, 0.4) is 0 Å². The van der Waals surface area contributed by atoms with E-state index in [4.69, 9.17) is 9.47 Å². The highest BCUT2D eigenvalue weighted by Gasteiger charge is 2.44. The standard InChI is InChI=1S/C20H21NO4S.CH4/c1-12-10-21-11-13(2)15(12)9-17(23)14-3-4-16(22)19-18(14)24-20(25-19)5-7-26-8-6-20;/h3-4,10-11,22H,5-9H2,1-2H3;1H4/p-1. The van der Waals surface area contributed by atoms with Crippen molar-refractivity contribution in [3.63, 3.8) is 0 Å². The van der Waals surface area contributed by atoms with Gasteiger partial charge in [-0.2, -0.15) is 11.8 Å². The second-order valence-corrected chi connectivity index (χ2v) is 8.07. The highest BCUT2D eigenvalue weighted by atomic mass is 32.2. The lowest BCUT2D eigenvalue weighted by atomic mass is 9.97. The third kappa shape index (κ3) is 3.50. The molecular weight excluding hydrogens is 362 g/mol. The molecule has 0 saturated carbocycles. The zero-order valence-corrected chi connectivity index (χ0v) is 15.6. The molecule has 1 aromatic carbocycles. The molecule has 1 fully saturated rings. The van der Waals surface area contributed by atoms with Gasteiger partial charge in [-0.25, -0.2) is 0 Å². The molecule has 2 aromatic rings. The van der Waals surface area contributed by atoms with Gasteiger partial charge in [-0.3, -0.25) is 9.78 Å². The first kappa shape index (κ1) is 19.5. The molecule has 2 aliphatic heterocycles. The van der Waals surface area contributed by atoms with Gasteiger partial charge in [0, 0.05) is 43.2 Å². The molecule has 5 nitrogen and oxygen atoms in total. The third-order valence-corrected chi connectivity index (χ3v) is 6.02. The molecule has 0 amide bonds. The molecule has 6 heteroatoms. The molecule has 144 valence electrons. The lowest BCUT2D eigenvalue weighted by molar-refractivity contribution is -0.271. The molecule has 0 atom stereocenters. The highest BCUT2D eigenvalue weighted by Crippen LogP contribution is 2.50. The van der Waals surface area contributed by atoms with Crippen molar-refractivity contribution in [2.45, 2.75) is 46.3 Å². The van der Waals surface area contributed by atoms with E-state index in [1.807, 2.05) is 25.6 Å². The predicted molar refractivity (Wildman–Crippen MR) is 105 cm³/mol. The summed E-state index contributed by atoms with van der Waals surface area (Å²) in [6.07, 6.45) is 5.19. The minimum atomic E-state index is -0.786. The molecule has 0 N–H and O–H groups in total. The Balaban J connectivity index is 0.00000210. The number of Topliss-reactive ketones (excluding diaryl/α,β-unsaturated/α-hetero) is 1. The fourth-order valence-electron chi connectivity index (χ4n) is 3.50. The molecule has 2 aliphatic rings. The third-order valence-electron chi connectivity index (χ3n) is 5.03. The average molecular weight is 386 g/mol. The Morgan fingerprint density at radius 2 is 1.78 bits per heavy atom. The summed E-state index contributed by atoms with van der Waals surface area (Å²) in [6.45, 7) is 3.89. The van der Waals surface area contributed by atoms with Crippen LogP contribution in [0, 0.1) is 13.8 Å². The summed E-state index contributed by atoms with van der Waals surface area (Å²) in [5.74, 6) is 1.24. The van der Waals surface area contributed by atoms with E-state index in [0.717, 1.165) is 28.2 Å². The molecule has 4 rings (SSSR count). The maximum Gasteiger partial charge on any atom is 0.253 e. The van der Waals surface area contributed by atoms with E-state index in [1.54, 1.807) is 18.5 Å². The number of benzene rings is 1. The largest absolute Gasteiger partial charge is 0.870 e. The number of aryl methyl sites for hydroxylation is 2. The zero-order chi connectivity index (χ0) is 18.3. The number of nitrogens with zero attached hydrogens (tertiary/aromatic N) is 1. The van der Waals surface area contributed by atoms with Crippen LogP contribution in [0.25, 0.3) is 0 Å². The van der Waals surface area contributed by atoms with Gasteiger partial charge in [-0.15, -0.1) is 0 Å². The van der Waals surface area contributed by atoms with E-state index >= 15 is 0 Å². The molecule has 27 heavy (non-hydrogen) atoms. The molecule has 0 aliphatic carbocycles. The number of hydrogen-bond acceptors (Lipinski definition) is 6. The molecule has 0 unspecified atom stereocenters. The number of carbonyl (C=O) groups excluding carboxylic acids is 1. The summed E-state index contributed by atoms with van der Waals surface area (Å²) in [5, 5.41) is 12.2. The Bertz CT molecular complexity index is 854. The number of ketones is 1. The van der Waals surface area contributed by atoms with Crippen LogP contribution in [0.1, 0.15) is 47.3 Å². The SMILES string of the molecule is C.Cc1cncc(C)c1CC(=O)c1ccc([O-])c2c1OC1(CCSCC1)O2. The monoisotopic (exact) mass is 386 g/mol. The van der Waals surface area contributed by atoms with Gasteiger partial charge < -0.3 is 14.6 Å². The van der Waals surface area contributed by atoms with Crippen molar-refractivity contribution < 1.29 is 19.4 Å². The Morgan fingerprint density at radius 3 is 2.44 bits per heavy atom. The van der Waals surface area contributed by atoms with E-state index in [0.29, 0.717) is 24.2 Å². The lowest BCUT2D eigenvalue weighted by Crippen LogP contribution is -2.42. The van der Waals surface area contributed by atoms with Crippen LogP contribution in [-0.4, -0.2) is 28.1 Å². The summed E-state index contributed by atoms with van der Waals surface area (Å²) in [5.41, 5.74) is 3.35. The van der Waals surface area contributed by atoms with Crippen molar-refractivity contribution in [2.75, 3.05) is 11.5 Å². The normalized spacial score (nSPS) is 16.8. The molecule has 1 spiro atoms. The van der Waals surface area contributed by atoms with Crippen LogP contribution in [-0.2, 0) is 6.42 Å². The first-order valence-electron chi connectivity index (χ1n) is 8.72. The number of pyridine rings is 1. The van der Waals surface area contributed by atoms with E-state index in [1.165, 1.54) is 6.07 Å². The number of thioether (sulfide) groups is 1. The van der Waals surface area contributed by atoms with Crippen LogP contribution in [0.5, 0.6) is 17.2 Å². The lowest BCUT2D eigenvalue weighted by Gasteiger charge is -2.31. The van der Waals surface area contributed by atoms with Crippen molar-refractivity contribution in [1.29, 1.82) is 0 Å². The predicted octanol–water partition coefficient (Wildman–Crippen LogP) is 3.83. The summed E-state index contributed by atoms with van der Waals surface area (Å²) in [4.78, 5) is 17.2. The Hall–Kier alpha value is -2.21. The minimum Gasteiger partial charge on any atom is -0.870 e. The molecule has 0 bridgehead atoms. The van der Waals surface area contributed by atoms with Gasteiger partial charge in [-0.1, -0.05) is 19.2 Å². The fraction of sp³-hybridized carbons (Fsp3) is 0.429. The van der Waals surface area contributed by atoms with Gasteiger partial charge in [-0.05, 0) is 36.6 Å². The summed E-state index contributed by atoms with van der Waals surface area (Å²) in [7, 11) is 0. The van der Waals surface area contributed by atoms with Crippen molar-refractivity contribution in [3.8, 4) is 17.2 Å². The first-order valence-corrected chi connectivity index (χ1v) is 9.88. The number of fused-ring (bicyclic) bond motifs is 1. The van der Waals surface area contributed by atoms with Gasteiger partial charge in [0.1, 0.15) is 0 Å². The number of ether oxygens (including phenoxy) is 2. The quantitative estimate of drug-likeness (QED) is 0.747. The topological polar surface area (TPSA) is 71.5 Å². The Morgan fingerprint density at radius 1 is 1.15 bits per heavy atom. The molecular formula is C21H24NO4S-. The van der Waals surface area contributed by atoms with Crippen LogP contribution in [0.2, 0.25) is 0 Å². The van der Waals surface area contributed by atoms with Crippen molar-refractivity contribution in [2.24, 2.45) is 0 Å². The summed E-state index contributed by atoms with van der Waals surface area (Å²) in [6, 6.07) is 2.97. The van der Waals surface area contributed by atoms with Crippen molar-refractivity contribution >= 4 is 17.5 Å². The van der Waals surface area contributed by atoms with Gasteiger partial charge >= 0.3 is 0 Å².